The van der Waals surface area contributed by atoms with Crippen LogP contribution in [0.4, 0.5) is 10.5 Å². The van der Waals surface area contributed by atoms with E-state index in [2.05, 4.69) is 64.3 Å². The van der Waals surface area contributed by atoms with E-state index >= 15 is 0 Å². The smallest absolute Gasteiger partial charge is 0.321 e. The number of halogens is 1. The standard InChI is InChI=1S/C29H41BrN4O2/c1-3-4-5-6-18-36-25-15-13-24(14-16-25)32-29(35)33-17-7-8-21(2)34-19-26(31)28(27(34)20-33)22-9-11-23(30)12-10-22/h9-16,21,26-28H,3-8,17-20,31H2,1-2H3,(H,32,35)/t21?,26?,27-,28-/m0/s1. The molecule has 36 heavy (non-hydrogen) atoms. The number of carbonyl (C=O) groups is 1. The maximum absolute atomic E-state index is 13.4. The molecule has 196 valence electrons. The number of nitrogens with two attached hydrogens (primary N) is 1. The third-order valence-corrected chi connectivity index (χ3v) is 8.19. The van der Waals surface area contributed by atoms with Crippen molar-refractivity contribution in [3.05, 3.63) is 58.6 Å². The highest BCUT2D eigenvalue weighted by molar-refractivity contribution is 9.10. The summed E-state index contributed by atoms with van der Waals surface area (Å²) in [5.74, 6) is 1.04. The minimum absolute atomic E-state index is 0.0484. The number of nitrogens with zero attached hydrogens (tertiary/aromatic N) is 2. The Bertz CT molecular complexity index is 968. The van der Waals surface area contributed by atoms with Crippen LogP contribution in [0, 0.1) is 0 Å². The molecule has 0 aromatic heterocycles. The predicted octanol–water partition coefficient (Wildman–Crippen LogP) is 6.22. The molecule has 0 aliphatic carbocycles. The van der Waals surface area contributed by atoms with Crippen molar-refractivity contribution in [1.29, 1.82) is 0 Å². The van der Waals surface area contributed by atoms with Gasteiger partial charge in [0.15, 0.2) is 0 Å². The van der Waals surface area contributed by atoms with Gasteiger partial charge in [0.2, 0.25) is 0 Å². The first-order valence-corrected chi connectivity index (χ1v) is 14.3. The van der Waals surface area contributed by atoms with Gasteiger partial charge in [-0.1, -0.05) is 54.2 Å². The number of rotatable bonds is 8. The predicted molar refractivity (Wildman–Crippen MR) is 151 cm³/mol. The van der Waals surface area contributed by atoms with Crippen molar-refractivity contribution in [2.45, 2.75) is 76.4 Å². The van der Waals surface area contributed by atoms with Gasteiger partial charge in [0.05, 0.1) is 6.61 Å². The molecule has 0 saturated carbocycles. The van der Waals surface area contributed by atoms with E-state index < -0.39 is 0 Å². The molecule has 4 rings (SSSR count). The van der Waals surface area contributed by atoms with Crippen molar-refractivity contribution in [3.63, 3.8) is 0 Å². The summed E-state index contributed by atoms with van der Waals surface area (Å²) in [6, 6.07) is 16.9. The number of unbranched alkanes of at least 4 members (excludes halogenated alkanes) is 3. The second-order valence-corrected chi connectivity index (χ2v) is 11.2. The van der Waals surface area contributed by atoms with Crippen molar-refractivity contribution in [2.75, 3.05) is 31.6 Å². The topological polar surface area (TPSA) is 70.8 Å². The molecule has 2 saturated heterocycles. The number of nitrogens with one attached hydrogen (secondary N) is 1. The molecule has 4 atom stereocenters. The highest BCUT2D eigenvalue weighted by Gasteiger charge is 2.44. The number of hydrogen-bond acceptors (Lipinski definition) is 4. The molecule has 0 radical (unpaired) electrons. The molecule has 2 aliphatic rings. The van der Waals surface area contributed by atoms with Gasteiger partial charge in [0.25, 0.3) is 0 Å². The largest absolute Gasteiger partial charge is 0.494 e. The fraction of sp³-hybridized carbons (Fsp3) is 0.552. The molecule has 7 heteroatoms. The summed E-state index contributed by atoms with van der Waals surface area (Å²) in [5.41, 5.74) is 8.74. The van der Waals surface area contributed by atoms with Crippen LogP contribution >= 0.6 is 15.9 Å². The molecular formula is C29H41BrN4O2. The van der Waals surface area contributed by atoms with Gasteiger partial charge in [-0.2, -0.15) is 0 Å². The lowest BCUT2D eigenvalue weighted by atomic mass is 9.88. The summed E-state index contributed by atoms with van der Waals surface area (Å²) in [6.45, 7) is 7.53. The molecule has 6 nitrogen and oxygen atoms in total. The first kappa shape index (κ1) is 27.0. The van der Waals surface area contributed by atoms with Crippen LogP contribution in [-0.2, 0) is 0 Å². The first-order chi connectivity index (χ1) is 17.5. The summed E-state index contributed by atoms with van der Waals surface area (Å²) in [5, 5.41) is 3.11. The van der Waals surface area contributed by atoms with Crippen LogP contribution in [0.2, 0.25) is 0 Å². The number of fused-ring (bicyclic) bond motifs is 1. The molecule has 3 N–H and O–H groups in total. The Hall–Kier alpha value is -2.09. The number of benzene rings is 2. The molecule has 2 aromatic rings. The lowest BCUT2D eigenvalue weighted by molar-refractivity contribution is 0.115. The van der Waals surface area contributed by atoms with Gasteiger partial charge < -0.3 is 20.7 Å². The maximum atomic E-state index is 13.4. The lowest BCUT2D eigenvalue weighted by Gasteiger charge is -2.39. The van der Waals surface area contributed by atoms with Crippen molar-refractivity contribution >= 4 is 27.6 Å². The molecule has 0 spiro atoms. The van der Waals surface area contributed by atoms with Gasteiger partial charge in [-0.15, -0.1) is 0 Å². The Morgan fingerprint density at radius 1 is 1.08 bits per heavy atom. The van der Waals surface area contributed by atoms with E-state index in [4.69, 9.17) is 10.5 Å². The number of carbonyl (C=O) groups excluding carboxylic acids is 1. The van der Waals surface area contributed by atoms with E-state index in [0.717, 1.165) is 54.9 Å². The zero-order valence-electron chi connectivity index (χ0n) is 21.7. The van der Waals surface area contributed by atoms with Crippen LogP contribution in [-0.4, -0.2) is 60.2 Å². The van der Waals surface area contributed by atoms with Crippen molar-refractivity contribution in [1.82, 2.24) is 9.80 Å². The highest BCUT2D eigenvalue weighted by atomic mass is 79.9. The zero-order chi connectivity index (χ0) is 25.5. The summed E-state index contributed by atoms with van der Waals surface area (Å²) in [7, 11) is 0. The third-order valence-electron chi connectivity index (χ3n) is 7.66. The van der Waals surface area contributed by atoms with Gasteiger partial charge >= 0.3 is 6.03 Å². The number of urea groups is 1. The second-order valence-electron chi connectivity index (χ2n) is 10.3. The number of hydrogen-bond donors (Lipinski definition) is 2. The Labute approximate surface area is 224 Å². The molecule has 2 aliphatic heterocycles. The van der Waals surface area contributed by atoms with E-state index in [0.29, 0.717) is 12.6 Å². The quantitative estimate of drug-likeness (QED) is 0.378. The van der Waals surface area contributed by atoms with E-state index in [-0.39, 0.29) is 24.0 Å². The normalized spacial score (nSPS) is 24.6. The summed E-state index contributed by atoms with van der Waals surface area (Å²) >= 11 is 3.55. The van der Waals surface area contributed by atoms with E-state index in [1.165, 1.54) is 24.8 Å². The van der Waals surface area contributed by atoms with Crippen molar-refractivity contribution < 1.29 is 9.53 Å². The van der Waals surface area contributed by atoms with Crippen LogP contribution in [0.3, 0.4) is 0 Å². The maximum Gasteiger partial charge on any atom is 0.321 e. The molecular weight excluding hydrogens is 516 g/mol. The second kappa shape index (κ2) is 12.9. The molecule has 2 heterocycles. The molecule has 2 unspecified atom stereocenters. The Morgan fingerprint density at radius 2 is 1.83 bits per heavy atom. The molecule has 0 bridgehead atoms. The molecule has 2 fully saturated rings. The number of amides is 2. The minimum atomic E-state index is -0.0484. The van der Waals surface area contributed by atoms with Gasteiger partial charge in [0.1, 0.15) is 5.75 Å². The van der Waals surface area contributed by atoms with E-state index in [1.54, 1.807) is 0 Å². The van der Waals surface area contributed by atoms with Crippen LogP contribution < -0.4 is 15.8 Å². The Balaban J connectivity index is 1.40. The zero-order valence-corrected chi connectivity index (χ0v) is 23.3. The van der Waals surface area contributed by atoms with Gasteiger partial charge in [-0.05, 0) is 68.1 Å². The minimum Gasteiger partial charge on any atom is -0.494 e. The van der Waals surface area contributed by atoms with Gasteiger partial charge in [0, 0.05) is 53.8 Å². The summed E-state index contributed by atoms with van der Waals surface area (Å²) < 4.78 is 6.91. The monoisotopic (exact) mass is 556 g/mol. The first-order valence-electron chi connectivity index (χ1n) is 13.5. The van der Waals surface area contributed by atoms with Gasteiger partial charge in [-0.3, -0.25) is 4.90 Å². The van der Waals surface area contributed by atoms with Crippen molar-refractivity contribution in [2.24, 2.45) is 5.73 Å². The van der Waals surface area contributed by atoms with Crippen LogP contribution in [0.5, 0.6) is 5.75 Å². The summed E-state index contributed by atoms with van der Waals surface area (Å²) in [4.78, 5) is 17.9. The molecule has 2 aromatic carbocycles. The fourth-order valence-electron chi connectivity index (χ4n) is 5.66. The average Bonchev–Trinajstić information content (AvgIpc) is 3.19. The van der Waals surface area contributed by atoms with Crippen LogP contribution in [0.25, 0.3) is 0 Å². The van der Waals surface area contributed by atoms with Crippen molar-refractivity contribution in [3.8, 4) is 5.75 Å². The van der Waals surface area contributed by atoms with Gasteiger partial charge in [-0.25, -0.2) is 4.79 Å². The van der Waals surface area contributed by atoms with Crippen LogP contribution in [0.15, 0.2) is 53.0 Å². The third kappa shape index (κ3) is 6.81. The molecule has 2 amide bonds. The Kier molecular flexibility index (Phi) is 9.68. The lowest BCUT2D eigenvalue weighted by Crippen LogP contribution is -2.51. The van der Waals surface area contributed by atoms with Crippen LogP contribution in [0.1, 0.15) is 63.9 Å². The Morgan fingerprint density at radius 3 is 2.56 bits per heavy atom. The number of anilines is 1. The number of ether oxygens (including phenoxy) is 1. The van der Waals surface area contributed by atoms with E-state index in [1.807, 2.05) is 29.2 Å². The SMILES string of the molecule is CCCCCCOc1ccc(NC(=O)N2CCCC(C)N3CC(N)[C@H](c4ccc(Br)cc4)[C@@H]3C2)cc1. The average molecular weight is 558 g/mol. The summed E-state index contributed by atoms with van der Waals surface area (Å²) in [6.07, 6.45) is 6.79. The highest BCUT2D eigenvalue weighted by Crippen LogP contribution is 2.37. The fourth-order valence-corrected chi connectivity index (χ4v) is 5.93. The van der Waals surface area contributed by atoms with E-state index in [9.17, 15) is 4.79 Å².